The van der Waals surface area contributed by atoms with Crippen molar-refractivity contribution in [3.05, 3.63) is 29.8 Å². The van der Waals surface area contributed by atoms with Gasteiger partial charge in [-0.05, 0) is 17.7 Å². The largest absolute Gasteiger partial charge is 0.497 e. The number of nitrogens with zero attached hydrogens (tertiary/aromatic N) is 1. The molecule has 0 fully saturated rings. The summed E-state index contributed by atoms with van der Waals surface area (Å²) in [5.74, 6) is -0.149. The molecule has 88 valence electrons. The fraction of sp³-hybridized carbons (Fsp3) is 0.417. The van der Waals surface area contributed by atoms with E-state index in [-0.39, 0.29) is 0 Å². The number of rotatable bonds is 5. The minimum Gasteiger partial charge on any atom is -0.497 e. The second-order valence-electron chi connectivity index (χ2n) is 3.34. The van der Waals surface area contributed by atoms with Gasteiger partial charge in [-0.2, -0.15) is 0 Å². The Morgan fingerprint density at radius 1 is 1.19 bits per heavy atom. The van der Waals surface area contributed by atoms with Gasteiger partial charge in [0, 0.05) is 27.4 Å². The van der Waals surface area contributed by atoms with E-state index in [1.54, 1.807) is 34.5 Å². The third-order valence-corrected chi connectivity index (χ3v) is 2.30. The van der Waals surface area contributed by atoms with Crippen LogP contribution in [0, 0.1) is 0 Å². The van der Waals surface area contributed by atoms with Crippen molar-refractivity contribution in [1.29, 1.82) is 0 Å². The average Bonchev–Trinajstić information content (AvgIpc) is 2.36. The lowest BCUT2D eigenvalue weighted by molar-refractivity contribution is -0.185. The van der Waals surface area contributed by atoms with E-state index in [1.807, 2.05) is 24.3 Å². The van der Waals surface area contributed by atoms with E-state index in [2.05, 4.69) is 4.99 Å². The Balaban J connectivity index is 2.82. The molecule has 0 aliphatic rings. The SMILES string of the molecule is COc1cccc(/C=N/C(C)(OC)OC)c1. The zero-order valence-electron chi connectivity index (χ0n) is 10.1. The molecule has 0 heterocycles. The van der Waals surface area contributed by atoms with E-state index >= 15 is 0 Å². The molecule has 1 aromatic rings. The topological polar surface area (TPSA) is 40.0 Å². The third kappa shape index (κ3) is 3.32. The molecule has 0 amide bonds. The van der Waals surface area contributed by atoms with Crippen molar-refractivity contribution in [1.82, 2.24) is 0 Å². The molecule has 0 radical (unpaired) electrons. The molecule has 4 nitrogen and oxygen atoms in total. The number of methoxy groups -OCH3 is 3. The molecule has 0 aliphatic carbocycles. The first kappa shape index (κ1) is 12.7. The second kappa shape index (κ2) is 5.63. The van der Waals surface area contributed by atoms with E-state index in [9.17, 15) is 0 Å². The van der Waals surface area contributed by atoms with Crippen molar-refractivity contribution >= 4 is 6.21 Å². The summed E-state index contributed by atoms with van der Waals surface area (Å²) >= 11 is 0. The van der Waals surface area contributed by atoms with Gasteiger partial charge in [0.15, 0.2) is 0 Å². The van der Waals surface area contributed by atoms with Gasteiger partial charge in [0.2, 0.25) is 0 Å². The molecule has 1 rings (SSSR count). The minimum atomic E-state index is -0.941. The average molecular weight is 223 g/mol. The van der Waals surface area contributed by atoms with Crippen LogP contribution in [0.4, 0.5) is 0 Å². The van der Waals surface area contributed by atoms with E-state index < -0.39 is 5.91 Å². The molecule has 0 saturated carbocycles. The molecule has 0 aromatic heterocycles. The van der Waals surface area contributed by atoms with Crippen LogP contribution in [0.2, 0.25) is 0 Å². The molecular formula is C12H17NO3. The number of aliphatic imine (C=N–C) groups is 1. The highest BCUT2D eigenvalue weighted by atomic mass is 16.7. The smallest absolute Gasteiger partial charge is 0.265 e. The molecule has 0 aliphatic heterocycles. The van der Waals surface area contributed by atoms with Crippen LogP contribution < -0.4 is 4.74 Å². The van der Waals surface area contributed by atoms with E-state index in [1.165, 1.54) is 0 Å². The van der Waals surface area contributed by atoms with Crippen molar-refractivity contribution in [2.45, 2.75) is 12.8 Å². The molecule has 0 unspecified atom stereocenters. The summed E-state index contributed by atoms with van der Waals surface area (Å²) in [6.07, 6.45) is 1.69. The second-order valence-corrected chi connectivity index (χ2v) is 3.34. The van der Waals surface area contributed by atoms with Gasteiger partial charge in [-0.3, -0.25) is 0 Å². The molecular weight excluding hydrogens is 206 g/mol. The summed E-state index contributed by atoms with van der Waals surface area (Å²) in [6, 6.07) is 7.59. The van der Waals surface area contributed by atoms with Crippen molar-refractivity contribution in [3.8, 4) is 5.75 Å². The fourth-order valence-electron chi connectivity index (χ4n) is 1.10. The lowest BCUT2D eigenvalue weighted by Gasteiger charge is -2.20. The zero-order chi connectivity index (χ0) is 12.0. The highest BCUT2D eigenvalue weighted by Crippen LogP contribution is 2.14. The van der Waals surface area contributed by atoms with Crippen LogP contribution in [0.1, 0.15) is 12.5 Å². The fourth-order valence-corrected chi connectivity index (χ4v) is 1.10. The Hall–Kier alpha value is -1.39. The van der Waals surface area contributed by atoms with Crippen molar-refractivity contribution < 1.29 is 14.2 Å². The summed E-state index contributed by atoms with van der Waals surface area (Å²) in [6.45, 7) is 1.74. The highest BCUT2D eigenvalue weighted by Gasteiger charge is 2.19. The first-order chi connectivity index (χ1) is 7.63. The number of benzene rings is 1. The first-order valence-electron chi connectivity index (χ1n) is 4.93. The Labute approximate surface area is 95.9 Å². The van der Waals surface area contributed by atoms with Crippen LogP contribution in [-0.2, 0) is 9.47 Å². The van der Waals surface area contributed by atoms with Gasteiger partial charge in [0.25, 0.3) is 5.91 Å². The normalized spacial score (nSPS) is 12.0. The van der Waals surface area contributed by atoms with Gasteiger partial charge in [0.05, 0.1) is 7.11 Å². The molecule has 0 bridgehead atoms. The van der Waals surface area contributed by atoms with E-state index in [0.717, 1.165) is 11.3 Å². The molecule has 0 atom stereocenters. The van der Waals surface area contributed by atoms with Crippen LogP contribution in [0.25, 0.3) is 0 Å². The van der Waals surface area contributed by atoms with Gasteiger partial charge >= 0.3 is 0 Å². The van der Waals surface area contributed by atoms with Crippen molar-refractivity contribution in [3.63, 3.8) is 0 Å². The molecule has 16 heavy (non-hydrogen) atoms. The highest BCUT2D eigenvalue weighted by molar-refractivity contribution is 5.80. The molecule has 4 heteroatoms. The monoisotopic (exact) mass is 223 g/mol. The molecule has 0 saturated heterocycles. The van der Waals surface area contributed by atoms with Crippen LogP contribution >= 0.6 is 0 Å². The van der Waals surface area contributed by atoms with Crippen LogP contribution in [-0.4, -0.2) is 33.5 Å². The van der Waals surface area contributed by atoms with Gasteiger partial charge in [-0.25, -0.2) is 4.99 Å². The van der Waals surface area contributed by atoms with Gasteiger partial charge in [0.1, 0.15) is 5.75 Å². The first-order valence-corrected chi connectivity index (χ1v) is 4.93. The third-order valence-electron chi connectivity index (χ3n) is 2.30. The van der Waals surface area contributed by atoms with Gasteiger partial charge in [-0.1, -0.05) is 12.1 Å². The summed E-state index contributed by atoms with van der Waals surface area (Å²) in [7, 11) is 4.73. The maximum absolute atomic E-state index is 5.12. The maximum atomic E-state index is 5.12. The number of hydrogen-bond donors (Lipinski definition) is 0. The Morgan fingerprint density at radius 3 is 2.44 bits per heavy atom. The lowest BCUT2D eigenvalue weighted by atomic mass is 10.2. The van der Waals surface area contributed by atoms with E-state index in [4.69, 9.17) is 14.2 Å². The van der Waals surface area contributed by atoms with Crippen LogP contribution in [0.3, 0.4) is 0 Å². The standard InChI is InChI=1S/C12H17NO3/c1-12(15-3,16-4)13-9-10-6-5-7-11(8-10)14-2/h5-9H,1-4H3/b13-9+. The number of hydrogen-bond acceptors (Lipinski definition) is 4. The van der Waals surface area contributed by atoms with E-state index in [0.29, 0.717) is 0 Å². The van der Waals surface area contributed by atoms with Crippen LogP contribution in [0.15, 0.2) is 29.3 Å². The summed E-state index contributed by atoms with van der Waals surface area (Å²) in [5.41, 5.74) is 0.930. The quantitative estimate of drug-likeness (QED) is 0.566. The van der Waals surface area contributed by atoms with Crippen molar-refractivity contribution in [2.24, 2.45) is 4.99 Å². The maximum Gasteiger partial charge on any atom is 0.265 e. The Bertz CT molecular complexity index is 359. The minimum absolute atomic E-state index is 0.792. The van der Waals surface area contributed by atoms with Crippen molar-refractivity contribution in [2.75, 3.05) is 21.3 Å². The molecule has 0 spiro atoms. The summed E-state index contributed by atoms with van der Waals surface area (Å²) in [5, 5.41) is 0. The zero-order valence-corrected chi connectivity index (χ0v) is 10.1. The molecule has 1 aromatic carbocycles. The summed E-state index contributed by atoms with van der Waals surface area (Å²) in [4.78, 5) is 4.21. The predicted molar refractivity (Wildman–Crippen MR) is 63.0 cm³/mol. The predicted octanol–water partition coefficient (Wildman–Crippen LogP) is 2.08. The van der Waals surface area contributed by atoms with Crippen LogP contribution in [0.5, 0.6) is 5.75 Å². The lowest BCUT2D eigenvalue weighted by Crippen LogP contribution is -2.26. The molecule has 0 N–H and O–H groups in total. The number of ether oxygens (including phenoxy) is 3. The van der Waals surface area contributed by atoms with Gasteiger partial charge < -0.3 is 14.2 Å². The Morgan fingerprint density at radius 2 is 1.88 bits per heavy atom. The van der Waals surface area contributed by atoms with Gasteiger partial charge in [-0.15, -0.1) is 0 Å². The summed E-state index contributed by atoms with van der Waals surface area (Å²) < 4.78 is 15.3. The Kier molecular flexibility index (Phi) is 4.46.